The van der Waals surface area contributed by atoms with Crippen LogP contribution in [0.2, 0.25) is 5.02 Å². The van der Waals surface area contributed by atoms with Gasteiger partial charge in [0.25, 0.3) is 0 Å². The van der Waals surface area contributed by atoms with E-state index < -0.39 is 9.84 Å². The molecule has 166 valence electrons. The first kappa shape index (κ1) is 22.0. The van der Waals surface area contributed by atoms with Crippen LogP contribution in [0.3, 0.4) is 0 Å². The maximum atomic E-state index is 12.5. The highest BCUT2D eigenvalue weighted by atomic mass is 35.5. The molecule has 0 spiro atoms. The Morgan fingerprint density at radius 2 is 2.06 bits per heavy atom. The number of halogens is 1. The van der Waals surface area contributed by atoms with Gasteiger partial charge in [0.05, 0.1) is 18.2 Å². The van der Waals surface area contributed by atoms with E-state index in [0.29, 0.717) is 35.0 Å². The second kappa shape index (κ2) is 8.37. The first-order valence-electron chi connectivity index (χ1n) is 10.3. The summed E-state index contributed by atoms with van der Waals surface area (Å²) in [7, 11) is -1.91. The minimum Gasteiger partial charge on any atom is -0.382 e. The molecule has 0 bridgehead atoms. The maximum absolute atomic E-state index is 12.5. The average molecular weight is 464 g/mol. The number of anilines is 2. The van der Waals surface area contributed by atoms with Crippen LogP contribution in [0.15, 0.2) is 23.2 Å². The topological polar surface area (TPSA) is 90.2 Å². The van der Waals surface area contributed by atoms with E-state index in [1.165, 1.54) is 6.26 Å². The number of rotatable bonds is 6. The molecule has 1 unspecified atom stereocenters. The third kappa shape index (κ3) is 4.02. The summed E-state index contributed by atoms with van der Waals surface area (Å²) in [5.74, 6) is 0.503. The molecule has 1 aromatic carbocycles. The lowest BCUT2D eigenvalue weighted by molar-refractivity contribution is 0.148. The summed E-state index contributed by atoms with van der Waals surface area (Å²) in [5, 5.41) is 9.48. The van der Waals surface area contributed by atoms with E-state index in [1.807, 2.05) is 26.0 Å². The van der Waals surface area contributed by atoms with E-state index in [4.69, 9.17) is 16.3 Å². The highest BCUT2D eigenvalue weighted by molar-refractivity contribution is 7.90. The molecule has 0 fully saturated rings. The van der Waals surface area contributed by atoms with Gasteiger partial charge in [0.1, 0.15) is 0 Å². The number of methoxy groups -OCH3 is 1. The second-order valence-electron chi connectivity index (χ2n) is 7.96. The largest absolute Gasteiger partial charge is 0.382 e. The van der Waals surface area contributed by atoms with Gasteiger partial charge in [-0.25, -0.2) is 18.1 Å². The Kier molecular flexibility index (Phi) is 5.93. The Morgan fingerprint density at radius 1 is 1.29 bits per heavy atom. The van der Waals surface area contributed by atoms with Gasteiger partial charge in [-0.2, -0.15) is 0 Å². The van der Waals surface area contributed by atoms with Crippen LogP contribution in [0.1, 0.15) is 36.9 Å². The molecule has 0 saturated heterocycles. The summed E-state index contributed by atoms with van der Waals surface area (Å²) < 4.78 is 32.1. The van der Waals surface area contributed by atoms with Gasteiger partial charge in [-0.3, -0.25) is 0 Å². The molecule has 0 saturated carbocycles. The fourth-order valence-corrected chi connectivity index (χ4v) is 5.11. The molecule has 0 amide bonds. The number of aromatic nitrogens is 4. The van der Waals surface area contributed by atoms with Crippen LogP contribution in [0, 0.1) is 6.92 Å². The van der Waals surface area contributed by atoms with Crippen LogP contribution < -0.4 is 4.90 Å². The van der Waals surface area contributed by atoms with Crippen LogP contribution in [0.4, 0.5) is 11.5 Å². The van der Waals surface area contributed by atoms with Gasteiger partial charge in [0, 0.05) is 36.7 Å². The first-order chi connectivity index (χ1) is 14.7. The number of ether oxygens (including phenoxy) is 1. The molecule has 1 aliphatic heterocycles. The smallest absolute Gasteiger partial charge is 0.192 e. The van der Waals surface area contributed by atoms with E-state index in [0.717, 1.165) is 36.1 Å². The van der Waals surface area contributed by atoms with Crippen molar-refractivity contribution in [2.24, 2.45) is 0 Å². The molecule has 31 heavy (non-hydrogen) atoms. The molecule has 1 atom stereocenters. The molecule has 3 aromatic rings. The van der Waals surface area contributed by atoms with Gasteiger partial charge in [0.2, 0.25) is 0 Å². The second-order valence-corrected chi connectivity index (χ2v) is 10.4. The zero-order valence-corrected chi connectivity index (χ0v) is 19.7. The predicted octanol–water partition coefficient (Wildman–Crippen LogP) is 3.87. The summed E-state index contributed by atoms with van der Waals surface area (Å²) >= 11 is 6.29. The zero-order chi connectivity index (χ0) is 22.3. The van der Waals surface area contributed by atoms with E-state index in [1.54, 1.807) is 17.9 Å². The third-order valence-electron chi connectivity index (χ3n) is 5.67. The van der Waals surface area contributed by atoms with Gasteiger partial charge in [0.15, 0.2) is 26.2 Å². The molecule has 1 aliphatic rings. The van der Waals surface area contributed by atoms with Gasteiger partial charge < -0.3 is 9.64 Å². The summed E-state index contributed by atoms with van der Waals surface area (Å²) in [4.78, 5) is 6.61. The Morgan fingerprint density at radius 3 is 2.74 bits per heavy atom. The van der Waals surface area contributed by atoms with Crippen LogP contribution >= 0.6 is 11.6 Å². The number of aryl methyl sites for hydroxylation is 2. The molecule has 0 N–H and O–H groups in total. The van der Waals surface area contributed by atoms with Gasteiger partial charge in [-0.1, -0.05) is 23.7 Å². The monoisotopic (exact) mass is 463 g/mol. The van der Waals surface area contributed by atoms with Crippen molar-refractivity contribution in [1.29, 1.82) is 0 Å². The van der Waals surface area contributed by atoms with Gasteiger partial charge in [-0.05, 0) is 49.4 Å². The Bertz CT molecular complexity index is 1240. The van der Waals surface area contributed by atoms with Crippen molar-refractivity contribution in [3.05, 3.63) is 34.3 Å². The number of fused-ring (bicyclic) bond motifs is 2. The SMILES string of the molecule is CCC(COC)n1nnc2c(N3CCCc4cc(Cl)cc(C)c43)nc(S(C)(=O)=O)cc21. The van der Waals surface area contributed by atoms with Crippen LogP contribution in [0.5, 0.6) is 0 Å². The van der Waals surface area contributed by atoms with E-state index in [-0.39, 0.29) is 11.1 Å². The van der Waals surface area contributed by atoms with Crippen molar-refractivity contribution in [2.75, 3.05) is 31.4 Å². The summed E-state index contributed by atoms with van der Waals surface area (Å²) in [6.45, 7) is 5.19. The van der Waals surface area contributed by atoms with Crippen LogP contribution in [-0.4, -0.2) is 54.9 Å². The summed E-state index contributed by atoms with van der Waals surface area (Å²) in [5.41, 5.74) is 4.35. The Hall–Kier alpha value is -2.23. The standard InChI is InChI=1S/C21H26ClN5O3S/c1-5-16(12-30-3)27-17-11-18(31(4,28)29)23-21(19(17)24-25-27)26-8-6-7-14-10-15(22)9-13(2)20(14)26/h9-11,16H,5-8,12H2,1-4H3. The quantitative estimate of drug-likeness (QED) is 0.548. The Balaban J connectivity index is 1.99. The number of nitrogens with zero attached hydrogens (tertiary/aromatic N) is 5. The fraction of sp³-hybridized carbons (Fsp3) is 0.476. The molecular weight excluding hydrogens is 438 g/mol. The minimum absolute atomic E-state index is 0.00422. The predicted molar refractivity (Wildman–Crippen MR) is 121 cm³/mol. The normalized spacial score (nSPS) is 15.3. The Labute approximate surface area is 187 Å². The molecule has 2 aromatic heterocycles. The molecular formula is C21H26ClN5O3S. The van der Waals surface area contributed by atoms with Gasteiger partial charge in [-0.15, -0.1) is 5.10 Å². The number of benzene rings is 1. The summed E-state index contributed by atoms with van der Waals surface area (Å²) in [6.07, 6.45) is 3.73. The number of sulfone groups is 1. The summed E-state index contributed by atoms with van der Waals surface area (Å²) in [6, 6.07) is 5.38. The number of hydrogen-bond acceptors (Lipinski definition) is 7. The molecule has 3 heterocycles. The number of hydrogen-bond donors (Lipinski definition) is 0. The molecule has 4 rings (SSSR count). The van der Waals surface area contributed by atoms with Crippen molar-refractivity contribution in [1.82, 2.24) is 20.0 Å². The van der Waals surface area contributed by atoms with Crippen LogP contribution in [0.25, 0.3) is 11.0 Å². The van der Waals surface area contributed by atoms with Crippen molar-refractivity contribution >= 4 is 44.0 Å². The van der Waals surface area contributed by atoms with Crippen molar-refractivity contribution < 1.29 is 13.2 Å². The minimum atomic E-state index is -3.55. The van der Waals surface area contributed by atoms with Gasteiger partial charge >= 0.3 is 0 Å². The fourth-order valence-electron chi connectivity index (χ4n) is 4.24. The molecule has 8 nitrogen and oxygen atoms in total. The van der Waals surface area contributed by atoms with Crippen molar-refractivity contribution in [2.45, 2.75) is 44.2 Å². The number of pyridine rings is 1. The van der Waals surface area contributed by atoms with Crippen LogP contribution in [-0.2, 0) is 21.0 Å². The lowest BCUT2D eigenvalue weighted by atomic mass is 9.98. The third-order valence-corrected chi connectivity index (χ3v) is 6.86. The lowest BCUT2D eigenvalue weighted by Gasteiger charge is -2.32. The lowest BCUT2D eigenvalue weighted by Crippen LogP contribution is -2.27. The molecule has 0 radical (unpaired) electrons. The first-order valence-corrected chi connectivity index (χ1v) is 12.5. The zero-order valence-electron chi connectivity index (χ0n) is 18.1. The highest BCUT2D eigenvalue weighted by Gasteiger charge is 2.28. The van der Waals surface area contributed by atoms with Crippen molar-refractivity contribution in [3.63, 3.8) is 0 Å². The van der Waals surface area contributed by atoms with E-state index in [2.05, 4.69) is 20.2 Å². The average Bonchev–Trinajstić information content (AvgIpc) is 3.14. The molecule has 0 aliphatic carbocycles. The maximum Gasteiger partial charge on any atom is 0.192 e. The molecule has 10 heteroatoms. The van der Waals surface area contributed by atoms with Crippen molar-refractivity contribution in [3.8, 4) is 0 Å². The van der Waals surface area contributed by atoms with E-state index in [9.17, 15) is 8.42 Å². The van der Waals surface area contributed by atoms with E-state index >= 15 is 0 Å². The highest BCUT2D eigenvalue weighted by Crippen LogP contribution is 2.40.